The molecule has 0 radical (unpaired) electrons. The van der Waals surface area contributed by atoms with Gasteiger partial charge in [-0.05, 0) is 111 Å². The van der Waals surface area contributed by atoms with Crippen LogP contribution in [0.25, 0.3) is 0 Å². The Morgan fingerprint density at radius 1 is 0.509 bits per heavy atom. The van der Waals surface area contributed by atoms with Crippen molar-refractivity contribution >= 4 is 56.8 Å². The monoisotopic (exact) mass is 740 g/mol. The third-order valence-electron chi connectivity index (χ3n) is 8.63. The number of fused-ring (bicyclic) bond motifs is 2. The molecule has 0 bridgehead atoms. The number of rotatable bonds is 14. The van der Waals surface area contributed by atoms with Crippen LogP contribution < -0.4 is 9.80 Å². The molecule has 4 aromatic rings. The van der Waals surface area contributed by atoms with Crippen LogP contribution in [0, 0.1) is 0 Å². The number of unbranched alkanes of at least 4 members (excludes halogenated alkanes) is 2. The van der Waals surface area contributed by atoms with E-state index in [-0.39, 0.29) is 81.0 Å². The van der Waals surface area contributed by atoms with Gasteiger partial charge in [0, 0.05) is 13.2 Å². The number of aliphatic hydroxyl groups excluding tert-OH is 2. The number of sulfone groups is 1. The van der Waals surface area contributed by atoms with E-state index in [9.17, 15) is 37.2 Å². The van der Waals surface area contributed by atoms with Gasteiger partial charge in [-0.2, -0.15) is 0 Å². The maximum atomic E-state index is 13.5. The van der Waals surface area contributed by atoms with E-state index < -0.39 is 45.4 Å². The standard InChI is InChI=1S/C38H32N2O12S/c41-17-1-3-19-51-37(47)23-5-15-29-31(21-23)35(45)39(33(29)43)25-7-11-27(12-8-25)53(49,50)28-13-9-26(10-14-28)40-34(44)30-16-6-24(22-32(30)36(40)46)38(48)52-20-4-2-18-42/h5-16,21-22,41-42H,1-4,17-20H2. The van der Waals surface area contributed by atoms with Gasteiger partial charge in [-0.1, -0.05) is 0 Å². The molecule has 53 heavy (non-hydrogen) atoms. The van der Waals surface area contributed by atoms with Gasteiger partial charge in [0.1, 0.15) is 0 Å². The van der Waals surface area contributed by atoms with Crippen LogP contribution in [0.4, 0.5) is 11.4 Å². The Hall–Kier alpha value is -6.03. The fourth-order valence-electron chi connectivity index (χ4n) is 5.81. The first-order valence-corrected chi connectivity index (χ1v) is 18.0. The summed E-state index contributed by atoms with van der Waals surface area (Å²) in [5, 5.41) is 17.8. The zero-order valence-corrected chi connectivity index (χ0v) is 28.8. The Morgan fingerprint density at radius 2 is 0.868 bits per heavy atom. The van der Waals surface area contributed by atoms with Gasteiger partial charge in [-0.15, -0.1) is 0 Å². The highest BCUT2D eigenvalue weighted by atomic mass is 32.2. The van der Waals surface area contributed by atoms with E-state index in [1.165, 1.54) is 84.9 Å². The maximum Gasteiger partial charge on any atom is 0.338 e. The molecule has 272 valence electrons. The first-order valence-electron chi connectivity index (χ1n) is 16.5. The van der Waals surface area contributed by atoms with E-state index >= 15 is 0 Å². The lowest BCUT2D eigenvalue weighted by Crippen LogP contribution is -2.29. The fourth-order valence-corrected chi connectivity index (χ4v) is 7.07. The van der Waals surface area contributed by atoms with E-state index in [2.05, 4.69) is 0 Å². The first kappa shape index (κ1) is 36.8. The second kappa shape index (κ2) is 15.3. The highest BCUT2D eigenvalue weighted by Crippen LogP contribution is 2.33. The van der Waals surface area contributed by atoms with Crippen molar-refractivity contribution in [1.82, 2.24) is 0 Å². The second-order valence-electron chi connectivity index (χ2n) is 12.0. The van der Waals surface area contributed by atoms with E-state index in [1.807, 2.05) is 0 Å². The molecule has 14 nitrogen and oxygen atoms in total. The van der Waals surface area contributed by atoms with E-state index in [0.717, 1.165) is 9.80 Å². The van der Waals surface area contributed by atoms with Gasteiger partial charge in [0.25, 0.3) is 23.6 Å². The summed E-state index contributed by atoms with van der Waals surface area (Å²) in [5.41, 5.74) is 0.452. The molecule has 2 N–H and O–H groups in total. The molecule has 2 aliphatic rings. The van der Waals surface area contributed by atoms with Crippen molar-refractivity contribution in [2.75, 3.05) is 36.2 Å². The van der Waals surface area contributed by atoms with Crippen LogP contribution in [-0.4, -0.2) is 80.6 Å². The molecule has 4 aromatic carbocycles. The minimum absolute atomic E-state index is 0.0112. The molecule has 0 spiro atoms. The van der Waals surface area contributed by atoms with Crippen molar-refractivity contribution in [2.45, 2.75) is 35.5 Å². The highest BCUT2D eigenvalue weighted by molar-refractivity contribution is 7.91. The minimum atomic E-state index is -4.14. The Labute approximate surface area is 303 Å². The summed E-state index contributed by atoms with van der Waals surface area (Å²) in [4.78, 5) is 79.2. The number of esters is 2. The molecule has 2 aliphatic heterocycles. The average molecular weight is 741 g/mol. The third-order valence-corrected chi connectivity index (χ3v) is 10.4. The van der Waals surface area contributed by atoms with Crippen LogP contribution in [-0.2, 0) is 19.3 Å². The molecule has 0 saturated carbocycles. The molecular formula is C38H32N2O12S. The van der Waals surface area contributed by atoms with Gasteiger partial charge in [-0.25, -0.2) is 27.8 Å². The maximum absolute atomic E-state index is 13.5. The number of ether oxygens (including phenoxy) is 2. The smallest absolute Gasteiger partial charge is 0.338 e. The number of carbonyl (C=O) groups excluding carboxylic acids is 6. The van der Waals surface area contributed by atoms with Crippen LogP contribution in [0.15, 0.2) is 94.7 Å². The third kappa shape index (κ3) is 7.09. The van der Waals surface area contributed by atoms with Crippen molar-refractivity contribution in [3.05, 3.63) is 118 Å². The highest BCUT2D eigenvalue weighted by Gasteiger charge is 2.39. The number of anilines is 2. The Bertz CT molecular complexity index is 2100. The number of hydrogen-bond donors (Lipinski definition) is 2. The van der Waals surface area contributed by atoms with E-state index in [0.29, 0.717) is 25.7 Å². The SMILES string of the molecule is O=C(OCCCCO)c1ccc2c(c1)C(=O)N(c1ccc(S(=O)(=O)c3ccc(N4C(=O)c5ccc(C(=O)OCCCCO)cc5C4=O)cc3)cc1)C2=O. The van der Waals surface area contributed by atoms with Crippen LogP contribution in [0.2, 0.25) is 0 Å². The molecule has 0 aromatic heterocycles. The van der Waals surface area contributed by atoms with Gasteiger partial charge in [-0.3, -0.25) is 19.2 Å². The zero-order chi connectivity index (χ0) is 37.9. The molecule has 0 atom stereocenters. The quantitative estimate of drug-likeness (QED) is 0.107. The largest absolute Gasteiger partial charge is 0.462 e. The van der Waals surface area contributed by atoms with E-state index in [4.69, 9.17) is 19.7 Å². The van der Waals surface area contributed by atoms with Crippen molar-refractivity contribution in [3.63, 3.8) is 0 Å². The minimum Gasteiger partial charge on any atom is -0.462 e. The Kier molecular flexibility index (Phi) is 10.6. The van der Waals surface area contributed by atoms with E-state index in [1.54, 1.807) is 0 Å². The lowest BCUT2D eigenvalue weighted by atomic mass is 10.1. The van der Waals surface area contributed by atoms with Crippen LogP contribution >= 0.6 is 0 Å². The zero-order valence-electron chi connectivity index (χ0n) is 28.0. The predicted octanol–water partition coefficient (Wildman–Crippen LogP) is 3.98. The van der Waals surface area contributed by atoms with Crippen LogP contribution in [0.5, 0.6) is 0 Å². The fraction of sp³-hybridized carbons (Fsp3) is 0.211. The predicted molar refractivity (Wildman–Crippen MR) is 187 cm³/mol. The summed E-state index contributed by atoms with van der Waals surface area (Å²) in [6, 6.07) is 18.1. The van der Waals surface area contributed by atoms with Crippen LogP contribution in [0.3, 0.4) is 0 Å². The molecule has 0 saturated heterocycles. The van der Waals surface area contributed by atoms with Gasteiger partial charge in [0.15, 0.2) is 0 Å². The lowest BCUT2D eigenvalue weighted by molar-refractivity contribution is 0.0484. The van der Waals surface area contributed by atoms with Gasteiger partial charge < -0.3 is 19.7 Å². The van der Waals surface area contributed by atoms with Crippen molar-refractivity contribution in [1.29, 1.82) is 0 Å². The number of carbonyl (C=O) groups is 6. The summed E-state index contributed by atoms with van der Waals surface area (Å²) in [6.07, 6.45) is 1.84. The van der Waals surface area contributed by atoms with Gasteiger partial charge in [0.05, 0.1) is 67.8 Å². The summed E-state index contributed by atoms with van der Waals surface area (Å²) in [7, 11) is -4.14. The average Bonchev–Trinajstić information content (AvgIpc) is 3.57. The molecule has 15 heteroatoms. The number of imide groups is 2. The summed E-state index contributed by atoms with van der Waals surface area (Å²) in [6.45, 7) is 0.0851. The molecular weight excluding hydrogens is 708 g/mol. The normalized spacial score (nSPS) is 13.7. The molecule has 6 rings (SSSR count). The molecule has 2 heterocycles. The van der Waals surface area contributed by atoms with Crippen LogP contribution in [0.1, 0.15) is 87.8 Å². The number of hydrogen-bond acceptors (Lipinski definition) is 12. The summed E-state index contributed by atoms with van der Waals surface area (Å²) >= 11 is 0. The Morgan fingerprint density at radius 3 is 1.23 bits per heavy atom. The summed E-state index contributed by atoms with van der Waals surface area (Å²) < 4.78 is 37.4. The van der Waals surface area contributed by atoms with Gasteiger partial charge in [0.2, 0.25) is 9.84 Å². The lowest BCUT2D eigenvalue weighted by Gasteiger charge is -2.15. The number of nitrogens with zero attached hydrogens (tertiary/aromatic N) is 2. The van der Waals surface area contributed by atoms with Crippen molar-refractivity contribution in [3.8, 4) is 0 Å². The summed E-state index contributed by atoms with van der Waals surface area (Å²) in [5.74, 6) is -4.09. The molecule has 4 amide bonds. The first-order chi connectivity index (χ1) is 25.5. The molecule has 0 fully saturated rings. The van der Waals surface area contributed by atoms with Crippen molar-refractivity contribution < 1.29 is 56.9 Å². The van der Waals surface area contributed by atoms with Crippen molar-refractivity contribution in [2.24, 2.45) is 0 Å². The second-order valence-corrected chi connectivity index (χ2v) is 14.0. The molecule has 0 aliphatic carbocycles. The van der Waals surface area contributed by atoms with Gasteiger partial charge >= 0.3 is 11.9 Å². The Balaban J connectivity index is 1.14. The topological polar surface area (TPSA) is 202 Å². The number of aliphatic hydroxyl groups is 2. The number of amides is 4. The number of benzene rings is 4. The molecule has 0 unspecified atom stereocenters.